The number of rotatable bonds is 5. The normalized spacial score (nSPS) is 30.6. The minimum Gasteiger partial charge on any atom is -0.508 e. The average molecular weight is 453 g/mol. The van der Waals surface area contributed by atoms with Gasteiger partial charge < -0.3 is 19.7 Å². The summed E-state index contributed by atoms with van der Waals surface area (Å²) in [7, 11) is 0. The Labute approximate surface area is 196 Å². The second kappa shape index (κ2) is 8.44. The maximum atomic E-state index is 13.1. The number of fused-ring (bicyclic) bond motifs is 1. The number of nitrogens with zero attached hydrogens (tertiary/aromatic N) is 4. The van der Waals surface area contributed by atoms with E-state index in [1.165, 1.54) is 12.8 Å². The summed E-state index contributed by atoms with van der Waals surface area (Å²) in [5.74, 6) is 1.04. The molecule has 1 saturated carbocycles. The molecule has 3 unspecified atom stereocenters. The number of aryl methyl sites for hydroxylation is 1. The van der Waals surface area contributed by atoms with Crippen molar-refractivity contribution in [3.8, 4) is 5.75 Å². The Balaban J connectivity index is 1.49. The van der Waals surface area contributed by atoms with Crippen molar-refractivity contribution < 1.29 is 15.0 Å². The van der Waals surface area contributed by atoms with E-state index >= 15 is 0 Å². The number of carbonyl (C=O) groups is 1. The van der Waals surface area contributed by atoms with E-state index in [9.17, 15) is 15.0 Å². The van der Waals surface area contributed by atoms with Crippen LogP contribution in [0.4, 0.5) is 0 Å². The highest BCUT2D eigenvalue weighted by Gasteiger charge is 2.59. The van der Waals surface area contributed by atoms with Crippen molar-refractivity contribution in [1.29, 1.82) is 0 Å². The van der Waals surface area contributed by atoms with Gasteiger partial charge in [-0.05, 0) is 81.7 Å². The molecule has 1 aliphatic carbocycles. The van der Waals surface area contributed by atoms with Crippen molar-refractivity contribution >= 4 is 5.91 Å². The molecule has 1 aromatic heterocycles. The van der Waals surface area contributed by atoms with Crippen LogP contribution in [0.25, 0.3) is 0 Å². The number of phenolic OH excluding ortho intramolecular Hbond substituents is 1. The fourth-order valence-corrected chi connectivity index (χ4v) is 6.37. The number of imidazole rings is 1. The van der Waals surface area contributed by atoms with Crippen LogP contribution in [0, 0.1) is 12.8 Å². The zero-order valence-corrected chi connectivity index (χ0v) is 19.8. The molecule has 1 aromatic carbocycles. The van der Waals surface area contributed by atoms with Gasteiger partial charge >= 0.3 is 0 Å². The van der Waals surface area contributed by atoms with Gasteiger partial charge in [-0.2, -0.15) is 0 Å². The van der Waals surface area contributed by atoms with Crippen molar-refractivity contribution in [2.24, 2.45) is 5.92 Å². The summed E-state index contributed by atoms with van der Waals surface area (Å²) in [6.07, 6.45) is 9.77. The SMILES string of the molecule is Cc1ccc(O)cc1C12CCN(C(=O)Cn3ccnc3)CCC1(O)C(C)N(CC1CC1)CC2. The number of hydrogen-bond acceptors (Lipinski definition) is 5. The van der Waals surface area contributed by atoms with Crippen molar-refractivity contribution in [3.05, 3.63) is 48.0 Å². The van der Waals surface area contributed by atoms with E-state index in [4.69, 9.17) is 0 Å². The summed E-state index contributed by atoms with van der Waals surface area (Å²) < 4.78 is 1.80. The molecule has 0 radical (unpaired) electrons. The van der Waals surface area contributed by atoms with E-state index in [-0.39, 0.29) is 24.2 Å². The lowest BCUT2D eigenvalue weighted by atomic mass is 9.57. The topological polar surface area (TPSA) is 81.8 Å². The largest absolute Gasteiger partial charge is 0.508 e. The average Bonchev–Trinajstić information content (AvgIpc) is 3.50. The van der Waals surface area contributed by atoms with Crippen LogP contribution < -0.4 is 0 Å². The van der Waals surface area contributed by atoms with Gasteiger partial charge in [-0.15, -0.1) is 0 Å². The molecule has 2 aromatic rings. The zero-order valence-electron chi connectivity index (χ0n) is 19.8. The predicted octanol–water partition coefficient (Wildman–Crippen LogP) is 2.69. The number of carbonyl (C=O) groups excluding carboxylic acids is 1. The highest BCUT2D eigenvalue weighted by Crippen LogP contribution is 2.53. The molecule has 0 spiro atoms. The molecule has 3 aliphatic rings. The number of aliphatic hydroxyl groups is 1. The first-order valence-electron chi connectivity index (χ1n) is 12.3. The first-order valence-corrected chi connectivity index (χ1v) is 12.3. The van der Waals surface area contributed by atoms with Gasteiger partial charge in [0.1, 0.15) is 12.3 Å². The number of amides is 1. The highest BCUT2D eigenvalue weighted by molar-refractivity contribution is 5.76. The molecule has 1 amide bonds. The number of likely N-dealkylation sites (tertiary alicyclic amines) is 2. The molecule has 2 N–H and O–H groups in total. The minimum atomic E-state index is -0.983. The quantitative estimate of drug-likeness (QED) is 0.729. The third kappa shape index (κ3) is 3.95. The van der Waals surface area contributed by atoms with Gasteiger partial charge in [0.25, 0.3) is 0 Å². The number of hydrogen-bond donors (Lipinski definition) is 2. The first kappa shape index (κ1) is 22.4. The zero-order chi connectivity index (χ0) is 23.2. The Morgan fingerprint density at radius 3 is 2.67 bits per heavy atom. The summed E-state index contributed by atoms with van der Waals surface area (Å²) in [5.41, 5.74) is 0.640. The number of aromatic hydroxyl groups is 1. The second-order valence-electron chi connectivity index (χ2n) is 10.5. The lowest BCUT2D eigenvalue weighted by Gasteiger charge is -2.57. The number of aromatic nitrogens is 2. The molecule has 7 nitrogen and oxygen atoms in total. The van der Waals surface area contributed by atoms with Gasteiger partial charge in [0.15, 0.2) is 0 Å². The number of benzene rings is 1. The molecule has 33 heavy (non-hydrogen) atoms. The fourth-order valence-electron chi connectivity index (χ4n) is 6.37. The lowest BCUT2D eigenvalue weighted by Crippen LogP contribution is -2.68. The molecular formula is C26H36N4O3. The molecule has 178 valence electrons. The molecule has 3 atom stereocenters. The minimum absolute atomic E-state index is 0.0164. The van der Waals surface area contributed by atoms with Gasteiger partial charge in [0.05, 0.1) is 11.9 Å². The van der Waals surface area contributed by atoms with Gasteiger partial charge in [-0.25, -0.2) is 4.98 Å². The molecule has 3 heterocycles. The lowest BCUT2D eigenvalue weighted by molar-refractivity contribution is -0.137. The van der Waals surface area contributed by atoms with E-state index in [0.717, 1.165) is 36.6 Å². The maximum Gasteiger partial charge on any atom is 0.242 e. The number of piperidine rings is 1. The molecule has 2 saturated heterocycles. The molecule has 3 fully saturated rings. The van der Waals surface area contributed by atoms with E-state index < -0.39 is 11.0 Å². The Bertz CT molecular complexity index is 1000. The van der Waals surface area contributed by atoms with Crippen LogP contribution in [0.2, 0.25) is 0 Å². The van der Waals surface area contributed by atoms with Gasteiger partial charge in [0, 0.05) is 43.5 Å². The fraction of sp³-hybridized carbons (Fsp3) is 0.615. The van der Waals surface area contributed by atoms with Gasteiger partial charge in [-0.3, -0.25) is 9.69 Å². The summed E-state index contributed by atoms with van der Waals surface area (Å²) in [6.45, 7) is 7.60. The van der Waals surface area contributed by atoms with Crippen LogP contribution >= 0.6 is 0 Å². The van der Waals surface area contributed by atoms with Crippen molar-refractivity contribution in [3.63, 3.8) is 0 Å². The molecule has 2 aliphatic heterocycles. The van der Waals surface area contributed by atoms with Crippen LogP contribution in [0.1, 0.15) is 50.2 Å². The van der Waals surface area contributed by atoms with Crippen molar-refractivity contribution in [2.75, 3.05) is 26.2 Å². The third-order valence-corrected chi connectivity index (χ3v) is 8.62. The van der Waals surface area contributed by atoms with E-state index in [0.29, 0.717) is 25.9 Å². The van der Waals surface area contributed by atoms with Crippen molar-refractivity contribution in [1.82, 2.24) is 19.4 Å². The van der Waals surface area contributed by atoms with E-state index in [1.54, 1.807) is 29.4 Å². The van der Waals surface area contributed by atoms with Crippen LogP contribution in [-0.2, 0) is 16.8 Å². The third-order valence-electron chi connectivity index (χ3n) is 8.62. The summed E-state index contributed by atoms with van der Waals surface area (Å²) in [5, 5.41) is 22.9. The monoisotopic (exact) mass is 452 g/mol. The van der Waals surface area contributed by atoms with Crippen LogP contribution in [-0.4, -0.2) is 73.3 Å². The molecule has 0 bridgehead atoms. The van der Waals surface area contributed by atoms with Crippen LogP contribution in [0.15, 0.2) is 36.9 Å². The Kier molecular flexibility index (Phi) is 5.73. The summed E-state index contributed by atoms with van der Waals surface area (Å²) in [4.78, 5) is 21.6. The Morgan fingerprint density at radius 2 is 1.94 bits per heavy atom. The highest BCUT2D eigenvalue weighted by atomic mass is 16.3. The Hall–Kier alpha value is -2.38. The summed E-state index contributed by atoms with van der Waals surface area (Å²) in [6, 6.07) is 5.51. The number of phenols is 1. The summed E-state index contributed by atoms with van der Waals surface area (Å²) >= 11 is 0. The van der Waals surface area contributed by atoms with E-state index in [2.05, 4.69) is 23.7 Å². The smallest absolute Gasteiger partial charge is 0.242 e. The van der Waals surface area contributed by atoms with Crippen molar-refractivity contribution in [2.45, 2.75) is 69.6 Å². The molecule has 7 heteroatoms. The van der Waals surface area contributed by atoms with Gasteiger partial charge in [-0.1, -0.05) is 6.07 Å². The molecule has 5 rings (SSSR count). The van der Waals surface area contributed by atoms with Gasteiger partial charge in [0.2, 0.25) is 5.91 Å². The Morgan fingerprint density at radius 1 is 1.18 bits per heavy atom. The van der Waals surface area contributed by atoms with Crippen LogP contribution in [0.3, 0.4) is 0 Å². The van der Waals surface area contributed by atoms with Crippen LogP contribution in [0.5, 0.6) is 5.75 Å². The molecular weight excluding hydrogens is 416 g/mol. The second-order valence-corrected chi connectivity index (χ2v) is 10.5. The standard InChI is InChI=1S/C26H36N4O3/c1-19-3-6-22(31)15-23(19)25-7-11-29(24(32)17-28-14-10-27-18-28)13-9-26(25,33)20(2)30(12-8-25)16-21-4-5-21/h3,6,10,14-15,18,20-21,31,33H,4-5,7-9,11-13,16-17H2,1-2H3. The predicted molar refractivity (Wildman–Crippen MR) is 126 cm³/mol. The first-order chi connectivity index (χ1) is 15.8. The maximum absolute atomic E-state index is 13.1. The van der Waals surface area contributed by atoms with E-state index in [1.807, 2.05) is 17.0 Å².